The smallest absolute Gasteiger partial charge is 0.150 e. The number of piperidine rings is 1. The highest BCUT2D eigenvalue weighted by Crippen LogP contribution is 2.26. The summed E-state index contributed by atoms with van der Waals surface area (Å²) in [5.74, 6) is 0.364. The van der Waals surface area contributed by atoms with Gasteiger partial charge in [0.1, 0.15) is 15.6 Å². The van der Waals surface area contributed by atoms with Crippen molar-refractivity contribution in [2.45, 2.75) is 50.6 Å². The molecule has 0 aliphatic carbocycles. The van der Waals surface area contributed by atoms with Crippen molar-refractivity contribution in [3.05, 3.63) is 0 Å². The van der Waals surface area contributed by atoms with E-state index >= 15 is 0 Å². The molecule has 0 aromatic rings. The summed E-state index contributed by atoms with van der Waals surface area (Å²) in [7, 11) is -2.95. The van der Waals surface area contributed by atoms with Gasteiger partial charge in [-0.2, -0.15) is 0 Å². The first-order chi connectivity index (χ1) is 9.47. The zero-order valence-corrected chi connectivity index (χ0v) is 13.1. The van der Waals surface area contributed by atoms with Crippen LogP contribution in [-0.2, 0) is 14.6 Å². The molecule has 2 aliphatic heterocycles. The molecule has 1 N–H and O–H groups in total. The van der Waals surface area contributed by atoms with Crippen LogP contribution < -0.4 is 5.32 Å². The Labute approximate surface area is 122 Å². The Hall–Kier alpha value is -0.460. The van der Waals surface area contributed by atoms with Gasteiger partial charge in [0, 0.05) is 18.7 Å². The van der Waals surface area contributed by atoms with E-state index in [0.29, 0.717) is 18.9 Å². The predicted molar refractivity (Wildman–Crippen MR) is 79.6 cm³/mol. The molecule has 0 saturated carbocycles. The Morgan fingerprint density at radius 3 is 2.60 bits per heavy atom. The van der Waals surface area contributed by atoms with E-state index in [-0.39, 0.29) is 17.6 Å². The molecule has 2 fully saturated rings. The molecule has 0 bridgehead atoms. The highest BCUT2D eigenvalue weighted by molar-refractivity contribution is 7.90. The summed E-state index contributed by atoms with van der Waals surface area (Å²) in [6.07, 6.45) is 6.37. The highest BCUT2D eigenvalue weighted by Gasteiger charge is 2.35. The van der Waals surface area contributed by atoms with Gasteiger partial charge in [-0.3, -0.25) is 9.69 Å². The minimum atomic E-state index is -2.95. The van der Waals surface area contributed by atoms with E-state index in [9.17, 15) is 13.2 Å². The first-order valence-electron chi connectivity index (χ1n) is 7.64. The minimum Gasteiger partial charge on any atom is -0.317 e. The van der Waals surface area contributed by atoms with E-state index in [4.69, 9.17) is 0 Å². The Bertz CT molecular complexity index is 430. The molecular formula is C14H26N2O3S. The lowest BCUT2D eigenvalue weighted by Crippen LogP contribution is -2.47. The third-order valence-corrected chi connectivity index (χ3v) is 5.41. The highest BCUT2D eigenvalue weighted by atomic mass is 32.2. The lowest BCUT2D eigenvalue weighted by atomic mass is 10.0. The normalized spacial score (nSPS) is 25.9. The van der Waals surface area contributed by atoms with E-state index in [0.717, 1.165) is 45.3 Å². The van der Waals surface area contributed by atoms with Crippen LogP contribution in [0.15, 0.2) is 0 Å². The van der Waals surface area contributed by atoms with Gasteiger partial charge in [0.05, 0.1) is 11.8 Å². The molecule has 0 radical (unpaired) electrons. The van der Waals surface area contributed by atoms with Gasteiger partial charge in [-0.15, -0.1) is 0 Å². The van der Waals surface area contributed by atoms with Gasteiger partial charge in [-0.25, -0.2) is 8.42 Å². The number of carbonyl (C=O) groups excluding carboxylic acids is 1. The standard InChI is InChI=1S/C14H26N2O3S/c1-20(18,19)11-3-5-14(17)13-4-2-10-16(13)12-6-8-15-9-7-12/h12-13,15H,2-11H2,1H3. The first kappa shape index (κ1) is 15.9. The number of nitrogens with zero attached hydrogens (tertiary/aromatic N) is 1. The number of likely N-dealkylation sites (tertiary alicyclic amines) is 1. The van der Waals surface area contributed by atoms with Gasteiger partial charge in [0.2, 0.25) is 0 Å². The van der Waals surface area contributed by atoms with Gasteiger partial charge in [-0.05, 0) is 51.7 Å². The summed E-state index contributed by atoms with van der Waals surface area (Å²) in [6, 6.07) is 0.570. The lowest BCUT2D eigenvalue weighted by Gasteiger charge is -2.35. The van der Waals surface area contributed by atoms with Gasteiger partial charge < -0.3 is 5.32 Å². The van der Waals surface area contributed by atoms with Gasteiger partial charge in [-0.1, -0.05) is 0 Å². The molecule has 116 valence electrons. The Morgan fingerprint density at radius 2 is 1.95 bits per heavy atom. The summed E-state index contributed by atoms with van der Waals surface area (Å²) in [4.78, 5) is 14.7. The second kappa shape index (κ2) is 7.00. The third-order valence-electron chi connectivity index (χ3n) is 4.38. The molecule has 0 aromatic carbocycles. The topological polar surface area (TPSA) is 66.5 Å². The van der Waals surface area contributed by atoms with Crippen LogP contribution in [0.25, 0.3) is 0 Å². The molecule has 6 heteroatoms. The van der Waals surface area contributed by atoms with Crippen LogP contribution in [-0.4, -0.2) is 62.8 Å². The molecule has 0 amide bonds. The maximum absolute atomic E-state index is 12.3. The van der Waals surface area contributed by atoms with Gasteiger partial charge in [0.25, 0.3) is 0 Å². The minimum absolute atomic E-state index is 0.0395. The summed E-state index contributed by atoms with van der Waals surface area (Å²) in [6.45, 7) is 3.10. The molecule has 5 nitrogen and oxygen atoms in total. The van der Waals surface area contributed by atoms with E-state index in [1.54, 1.807) is 0 Å². The van der Waals surface area contributed by atoms with Crippen molar-refractivity contribution in [3.8, 4) is 0 Å². The first-order valence-corrected chi connectivity index (χ1v) is 9.70. The van der Waals surface area contributed by atoms with Crippen molar-refractivity contribution in [2.75, 3.05) is 31.6 Å². The summed E-state index contributed by atoms with van der Waals surface area (Å²) < 4.78 is 22.2. The average Bonchev–Trinajstić information content (AvgIpc) is 2.87. The van der Waals surface area contributed by atoms with Crippen LogP contribution in [0, 0.1) is 0 Å². The van der Waals surface area contributed by atoms with Crippen molar-refractivity contribution in [1.82, 2.24) is 10.2 Å². The fourth-order valence-corrected chi connectivity index (χ4v) is 4.05. The summed E-state index contributed by atoms with van der Waals surface area (Å²) in [5.41, 5.74) is 0. The van der Waals surface area contributed by atoms with E-state index in [1.807, 2.05) is 0 Å². The molecular weight excluding hydrogens is 276 g/mol. The maximum atomic E-state index is 12.3. The number of ketones is 1. The molecule has 2 rings (SSSR count). The number of hydrogen-bond donors (Lipinski definition) is 1. The number of sulfone groups is 1. The summed E-state index contributed by atoms with van der Waals surface area (Å²) in [5, 5.41) is 3.35. The Balaban J connectivity index is 1.84. The van der Waals surface area contributed by atoms with E-state index < -0.39 is 9.84 Å². The van der Waals surface area contributed by atoms with Crippen LogP contribution in [0.4, 0.5) is 0 Å². The van der Waals surface area contributed by atoms with Crippen LogP contribution in [0.2, 0.25) is 0 Å². The zero-order chi connectivity index (χ0) is 14.6. The monoisotopic (exact) mass is 302 g/mol. The molecule has 1 atom stereocenters. The van der Waals surface area contributed by atoms with Gasteiger partial charge >= 0.3 is 0 Å². The van der Waals surface area contributed by atoms with Crippen LogP contribution in [0.3, 0.4) is 0 Å². The molecule has 20 heavy (non-hydrogen) atoms. The van der Waals surface area contributed by atoms with Crippen molar-refractivity contribution < 1.29 is 13.2 Å². The van der Waals surface area contributed by atoms with Crippen molar-refractivity contribution in [1.29, 1.82) is 0 Å². The van der Waals surface area contributed by atoms with Crippen molar-refractivity contribution >= 4 is 15.6 Å². The number of nitrogens with one attached hydrogen (secondary N) is 1. The SMILES string of the molecule is CS(=O)(=O)CCCC(=O)C1CCCN1C1CCNCC1. The largest absolute Gasteiger partial charge is 0.317 e. The molecule has 0 spiro atoms. The molecule has 0 aromatic heterocycles. The fourth-order valence-electron chi connectivity index (χ4n) is 3.39. The van der Waals surface area contributed by atoms with E-state index in [1.165, 1.54) is 6.26 Å². The van der Waals surface area contributed by atoms with Gasteiger partial charge in [0.15, 0.2) is 0 Å². The fraction of sp³-hybridized carbons (Fsp3) is 0.929. The Morgan fingerprint density at radius 1 is 1.25 bits per heavy atom. The number of Topliss-reactive ketones (excluding diaryl/α,β-unsaturated/α-hetero) is 1. The average molecular weight is 302 g/mol. The molecule has 2 aliphatic rings. The number of hydrogen-bond acceptors (Lipinski definition) is 5. The van der Waals surface area contributed by atoms with Crippen LogP contribution in [0.1, 0.15) is 38.5 Å². The predicted octanol–water partition coefficient (Wildman–Crippen LogP) is 0.597. The molecule has 2 heterocycles. The lowest BCUT2D eigenvalue weighted by molar-refractivity contribution is -0.124. The maximum Gasteiger partial charge on any atom is 0.150 e. The second-order valence-corrected chi connectivity index (χ2v) is 8.34. The zero-order valence-electron chi connectivity index (χ0n) is 12.3. The Kier molecular flexibility index (Phi) is 5.57. The van der Waals surface area contributed by atoms with Crippen LogP contribution >= 0.6 is 0 Å². The van der Waals surface area contributed by atoms with Crippen LogP contribution in [0.5, 0.6) is 0 Å². The molecule has 1 unspecified atom stereocenters. The quantitative estimate of drug-likeness (QED) is 0.778. The third kappa shape index (κ3) is 4.53. The van der Waals surface area contributed by atoms with Crippen molar-refractivity contribution in [2.24, 2.45) is 0 Å². The molecule has 2 saturated heterocycles. The van der Waals surface area contributed by atoms with E-state index in [2.05, 4.69) is 10.2 Å². The van der Waals surface area contributed by atoms with Crippen molar-refractivity contribution in [3.63, 3.8) is 0 Å². The number of rotatable bonds is 6. The summed E-state index contributed by atoms with van der Waals surface area (Å²) >= 11 is 0. The number of carbonyl (C=O) groups is 1. The second-order valence-electron chi connectivity index (χ2n) is 6.08.